The molecule has 0 saturated heterocycles. The van der Waals surface area contributed by atoms with Gasteiger partial charge in [-0.25, -0.2) is 0 Å². The van der Waals surface area contributed by atoms with Crippen molar-refractivity contribution < 1.29 is 9.53 Å². The Bertz CT molecular complexity index is 731. The Labute approximate surface area is 149 Å². The Morgan fingerprint density at radius 2 is 1.76 bits per heavy atom. The van der Waals surface area contributed by atoms with Crippen molar-refractivity contribution in [2.45, 2.75) is 31.1 Å². The van der Waals surface area contributed by atoms with E-state index in [0.29, 0.717) is 6.54 Å². The minimum Gasteiger partial charge on any atom is -0.496 e. The first-order chi connectivity index (χ1) is 12.2. The van der Waals surface area contributed by atoms with E-state index in [1.165, 1.54) is 18.4 Å². The highest BCUT2D eigenvalue weighted by atomic mass is 16.5. The summed E-state index contributed by atoms with van der Waals surface area (Å²) in [5.41, 5.74) is 2.31. The molecule has 0 spiro atoms. The van der Waals surface area contributed by atoms with Gasteiger partial charge in [-0.05, 0) is 30.5 Å². The minimum absolute atomic E-state index is 0.0619. The van der Waals surface area contributed by atoms with E-state index in [4.69, 9.17) is 4.74 Å². The van der Waals surface area contributed by atoms with E-state index in [9.17, 15) is 4.79 Å². The Hall–Kier alpha value is -2.55. The molecule has 0 unspecified atom stereocenters. The molecule has 2 aromatic carbocycles. The summed E-state index contributed by atoms with van der Waals surface area (Å²) < 4.78 is 5.31. The molecule has 3 nitrogen and oxygen atoms in total. The van der Waals surface area contributed by atoms with Crippen molar-refractivity contribution >= 4 is 12.0 Å². The summed E-state index contributed by atoms with van der Waals surface area (Å²) in [6.07, 6.45) is 8.11. The van der Waals surface area contributed by atoms with Crippen LogP contribution in [0.15, 0.2) is 60.7 Å². The standard InChI is InChI=1S/C22H25NO2/c1-25-20-12-6-5-9-18(20)13-14-21(24)23-17-22(15-7-8-16-22)19-10-3-2-4-11-19/h2-6,9-14H,7-8,15-17H2,1H3,(H,23,24). The van der Waals surface area contributed by atoms with E-state index in [1.807, 2.05) is 30.3 Å². The molecule has 3 rings (SSSR count). The lowest BCUT2D eigenvalue weighted by Crippen LogP contribution is -2.38. The van der Waals surface area contributed by atoms with Crippen LogP contribution in [0.1, 0.15) is 36.8 Å². The van der Waals surface area contributed by atoms with Gasteiger partial charge in [-0.1, -0.05) is 61.4 Å². The number of hydrogen-bond donors (Lipinski definition) is 1. The predicted octanol–water partition coefficient (Wildman–Crippen LogP) is 4.34. The molecule has 0 bridgehead atoms. The number of rotatable bonds is 6. The summed E-state index contributed by atoms with van der Waals surface area (Å²) in [4.78, 5) is 12.3. The molecule has 0 aliphatic heterocycles. The van der Waals surface area contributed by atoms with Gasteiger partial charge in [0, 0.05) is 23.6 Å². The smallest absolute Gasteiger partial charge is 0.244 e. The molecule has 0 heterocycles. The normalized spacial score (nSPS) is 16.0. The molecule has 0 atom stereocenters. The number of carbonyl (C=O) groups excluding carboxylic acids is 1. The summed E-state index contributed by atoms with van der Waals surface area (Å²) >= 11 is 0. The maximum Gasteiger partial charge on any atom is 0.244 e. The van der Waals surface area contributed by atoms with Gasteiger partial charge in [-0.3, -0.25) is 4.79 Å². The van der Waals surface area contributed by atoms with Gasteiger partial charge in [0.1, 0.15) is 5.75 Å². The second kappa shape index (κ2) is 8.02. The van der Waals surface area contributed by atoms with E-state index < -0.39 is 0 Å². The van der Waals surface area contributed by atoms with Gasteiger partial charge >= 0.3 is 0 Å². The third-order valence-electron chi connectivity index (χ3n) is 5.10. The molecule has 2 aromatic rings. The highest BCUT2D eigenvalue weighted by Gasteiger charge is 2.35. The topological polar surface area (TPSA) is 38.3 Å². The number of benzene rings is 2. The van der Waals surface area contributed by atoms with Crippen LogP contribution >= 0.6 is 0 Å². The molecule has 25 heavy (non-hydrogen) atoms. The van der Waals surface area contributed by atoms with Crippen molar-refractivity contribution in [2.24, 2.45) is 0 Å². The Morgan fingerprint density at radius 1 is 1.08 bits per heavy atom. The second-order valence-corrected chi connectivity index (χ2v) is 6.65. The summed E-state index contributed by atoms with van der Waals surface area (Å²) in [6.45, 7) is 0.687. The Balaban J connectivity index is 1.65. The molecule has 1 aliphatic rings. The van der Waals surface area contributed by atoms with Gasteiger partial charge in [0.25, 0.3) is 0 Å². The van der Waals surface area contributed by atoms with E-state index in [1.54, 1.807) is 19.3 Å². The first-order valence-electron chi connectivity index (χ1n) is 8.88. The minimum atomic E-state index is -0.0619. The van der Waals surface area contributed by atoms with Crippen molar-refractivity contribution in [2.75, 3.05) is 13.7 Å². The lowest BCUT2D eigenvalue weighted by molar-refractivity contribution is -0.116. The molecular weight excluding hydrogens is 310 g/mol. The van der Waals surface area contributed by atoms with Gasteiger partial charge in [-0.2, -0.15) is 0 Å². The van der Waals surface area contributed by atoms with Crippen LogP contribution in [0.25, 0.3) is 6.08 Å². The molecule has 0 aromatic heterocycles. The van der Waals surface area contributed by atoms with Crippen molar-refractivity contribution in [3.05, 3.63) is 71.8 Å². The van der Waals surface area contributed by atoms with E-state index in [0.717, 1.165) is 24.2 Å². The number of hydrogen-bond acceptors (Lipinski definition) is 2. The lowest BCUT2D eigenvalue weighted by Gasteiger charge is -2.29. The van der Waals surface area contributed by atoms with E-state index in [2.05, 4.69) is 29.6 Å². The van der Waals surface area contributed by atoms with Gasteiger partial charge in [0.15, 0.2) is 0 Å². The highest BCUT2D eigenvalue weighted by Crippen LogP contribution is 2.40. The fourth-order valence-corrected chi connectivity index (χ4v) is 3.70. The van der Waals surface area contributed by atoms with Crippen LogP contribution in [0.5, 0.6) is 5.75 Å². The number of ether oxygens (including phenoxy) is 1. The Morgan fingerprint density at radius 3 is 2.48 bits per heavy atom. The van der Waals surface area contributed by atoms with Crippen molar-refractivity contribution in [1.29, 1.82) is 0 Å². The average molecular weight is 335 g/mol. The van der Waals surface area contributed by atoms with Gasteiger partial charge in [0.05, 0.1) is 7.11 Å². The number of nitrogens with one attached hydrogen (secondary N) is 1. The quantitative estimate of drug-likeness (QED) is 0.798. The predicted molar refractivity (Wildman–Crippen MR) is 102 cm³/mol. The van der Waals surface area contributed by atoms with Gasteiger partial charge in [0.2, 0.25) is 5.91 Å². The van der Waals surface area contributed by atoms with Gasteiger partial charge in [-0.15, -0.1) is 0 Å². The maximum atomic E-state index is 12.3. The molecular formula is C22H25NO2. The fraction of sp³-hybridized carbons (Fsp3) is 0.318. The molecule has 130 valence electrons. The summed E-state index contributed by atoms with van der Waals surface area (Å²) in [6, 6.07) is 18.2. The molecule has 1 amide bonds. The summed E-state index contributed by atoms with van der Waals surface area (Å²) in [5, 5.41) is 3.11. The second-order valence-electron chi connectivity index (χ2n) is 6.65. The number of amides is 1. The number of carbonyl (C=O) groups is 1. The average Bonchev–Trinajstić information content (AvgIpc) is 3.16. The SMILES string of the molecule is COc1ccccc1C=CC(=O)NCC1(c2ccccc2)CCCC1. The van der Waals surface area contributed by atoms with Crippen LogP contribution < -0.4 is 10.1 Å². The van der Waals surface area contributed by atoms with Crippen LogP contribution in [0.3, 0.4) is 0 Å². The number of para-hydroxylation sites is 1. The number of methoxy groups -OCH3 is 1. The molecule has 1 N–H and O–H groups in total. The molecule has 1 fully saturated rings. The van der Waals surface area contributed by atoms with Crippen molar-refractivity contribution in [3.8, 4) is 5.75 Å². The third kappa shape index (κ3) is 4.11. The van der Waals surface area contributed by atoms with Crippen molar-refractivity contribution in [3.63, 3.8) is 0 Å². The van der Waals surface area contributed by atoms with Gasteiger partial charge < -0.3 is 10.1 Å². The van der Waals surface area contributed by atoms with Crippen LogP contribution in [0.4, 0.5) is 0 Å². The van der Waals surface area contributed by atoms with Crippen LogP contribution in [-0.2, 0) is 10.2 Å². The van der Waals surface area contributed by atoms with Crippen LogP contribution in [-0.4, -0.2) is 19.6 Å². The summed E-state index contributed by atoms with van der Waals surface area (Å²) in [5.74, 6) is 0.705. The largest absolute Gasteiger partial charge is 0.496 e. The third-order valence-corrected chi connectivity index (χ3v) is 5.10. The lowest BCUT2D eigenvalue weighted by atomic mass is 9.79. The summed E-state index contributed by atoms with van der Waals surface area (Å²) in [7, 11) is 1.64. The van der Waals surface area contributed by atoms with Crippen molar-refractivity contribution in [1.82, 2.24) is 5.32 Å². The van der Waals surface area contributed by atoms with Crippen LogP contribution in [0.2, 0.25) is 0 Å². The monoisotopic (exact) mass is 335 g/mol. The van der Waals surface area contributed by atoms with E-state index in [-0.39, 0.29) is 11.3 Å². The highest BCUT2D eigenvalue weighted by molar-refractivity contribution is 5.92. The molecule has 0 radical (unpaired) electrons. The molecule has 3 heteroatoms. The first-order valence-corrected chi connectivity index (χ1v) is 8.88. The van der Waals surface area contributed by atoms with E-state index >= 15 is 0 Å². The maximum absolute atomic E-state index is 12.3. The fourth-order valence-electron chi connectivity index (χ4n) is 3.70. The zero-order valence-electron chi connectivity index (χ0n) is 14.7. The first kappa shape index (κ1) is 17.3. The zero-order valence-corrected chi connectivity index (χ0v) is 14.7. The zero-order chi connectivity index (χ0) is 17.5. The van der Waals surface area contributed by atoms with Crippen LogP contribution in [0, 0.1) is 0 Å². The Kier molecular flexibility index (Phi) is 5.54. The molecule has 1 saturated carbocycles. The molecule has 1 aliphatic carbocycles.